The van der Waals surface area contributed by atoms with Crippen LogP contribution in [0.4, 0.5) is 4.39 Å². The summed E-state index contributed by atoms with van der Waals surface area (Å²) in [6.45, 7) is 0.641. The van der Waals surface area contributed by atoms with E-state index in [0.29, 0.717) is 6.54 Å². The largest absolute Gasteiger partial charge is 0.267 e. The van der Waals surface area contributed by atoms with Crippen LogP contribution in [0.1, 0.15) is 5.56 Å². The van der Waals surface area contributed by atoms with E-state index < -0.39 is 0 Å². The Balaban J connectivity index is 1.79. The zero-order chi connectivity index (χ0) is 17.1. The summed E-state index contributed by atoms with van der Waals surface area (Å²) in [5.74, 6) is -0.259. The van der Waals surface area contributed by atoms with E-state index >= 15 is 0 Å². The van der Waals surface area contributed by atoms with E-state index in [9.17, 15) is 4.39 Å². The fourth-order valence-electron chi connectivity index (χ4n) is 2.74. The molecular weight excluding hydrogens is 315 g/mol. The van der Waals surface area contributed by atoms with Gasteiger partial charge in [0, 0.05) is 42.1 Å². The van der Waals surface area contributed by atoms with E-state index in [4.69, 9.17) is 5.10 Å². The third-order valence-electron chi connectivity index (χ3n) is 3.96. The van der Waals surface area contributed by atoms with Crippen LogP contribution in [0.3, 0.4) is 0 Å². The number of rotatable bonds is 4. The predicted molar refractivity (Wildman–Crippen MR) is 94.2 cm³/mol. The molecule has 0 aliphatic heterocycles. The maximum atomic E-state index is 13.3. The number of aromatic nitrogens is 4. The standard InChI is InChI=1S/C20H15FN4/c21-18-3-1-17(2-4-18)20-19(16-7-11-23-12-8-16)14-25(24-20)13-15-5-9-22-10-6-15/h1-12,14H,13H2. The molecule has 0 radical (unpaired) electrons. The molecule has 3 aromatic heterocycles. The number of nitrogens with zero attached hydrogens (tertiary/aromatic N) is 4. The molecule has 0 unspecified atom stereocenters. The van der Waals surface area contributed by atoms with Crippen LogP contribution in [-0.4, -0.2) is 19.7 Å². The van der Waals surface area contributed by atoms with Crippen LogP contribution in [0.15, 0.2) is 79.5 Å². The van der Waals surface area contributed by atoms with Crippen molar-refractivity contribution in [1.29, 1.82) is 0 Å². The predicted octanol–water partition coefficient (Wildman–Crippen LogP) is 4.19. The van der Waals surface area contributed by atoms with Crippen molar-refractivity contribution in [2.45, 2.75) is 6.54 Å². The van der Waals surface area contributed by atoms with E-state index in [0.717, 1.165) is 27.9 Å². The van der Waals surface area contributed by atoms with Gasteiger partial charge in [0.1, 0.15) is 11.5 Å². The van der Waals surface area contributed by atoms with Gasteiger partial charge in [-0.3, -0.25) is 14.6 Å². The highest BCUT2D eigenvalue weighted by Gasteiger charge is 2.13. The van der Waals surface area contributed by atoms with Crippen LogP contribution >= 0.6 is 0 Å². The quantitative estimate of drug-likeness (QED) is 0.563. The first-order valence-corrected chi connectivity index (χ1v) is 7.92. The van der Waals surface area contributed by atoms with Gasteiger partial charge in [-0.1, -0.05) is 0 Å². The third-order valence-corrected chi connectivity index (χ3v) is 3.96. The molecule has 5 heteroatoms. The average Bonchev–Trinajstić information content (AvgIpc) is 3.08. The lowest BCUT2D eigenvalue weighted by Gasteiger charge is -2.02. The molecule has 0 aliphatic carbocycles. The summed E-state index contributed by atoms with van der Waals surface area (Å²) in [5.41, 5.74) is 4.82. The van der Waals surface area contributed by atoms with E-state index in [1.54, 1.807) is 36.9 Å². The number of pyridine rings is 2. The molecule has 0 saturated heterocycles. The Morgan fingerprint density at radius 2 is 1.40 bits per heavy atom. The van der Waals surface area contributed by atoms with Crippen molar-refractivity contribution in [2.75, 3.05) is 0 Å². The SMILES string of the molecule is Fc1ccc(-c2nn(Cc3ccncc3)cc2-c2ccncc2)cc1. The first kappa shape index (κ1) is 15.2. The third kappa shape index (κ3) is 3.30. The Morgan fingerprint density at radius 1 is 0.760 bits per heavy atom. The maximum absolute atomic E-state index is 13.3. The molecule has 1 aromatic carbocycles. The van der Waals surface area contributed by atoms with Crippen molar-refractivity contribution in [2.24, 2.45) is 0 Å². The highest BCUT2D eigenvalue weighted by atomic mass is 19.1. The summed E-state index contributed by atoms with van der Waals surface area (Å²) in [7, 11) is 0. The summed E-state index contributed by atoms with van der Waals surface area (Å²) < 4.78 is 15.2. The van der Waals surface area contributed by atoms with Gasteiger partial charge in [0.05, 0.1) is 6.54 Å². The summed E-state index contributed by atoms with van der Waals surface area (Å²) >= 11 is 0. The number of hydrogen-bond acceptors (Lipinski definition) is 3. The zero-order valence-electron chi connectivity index (χ0n) is 13.4. The van der Waals surface area contributed by atoms with Crippen LogP contribution in [-0.2, 0) is 6.54 Å². The molecule has 4 nitrogen and oxygen atoms in total. The van der Waals surface area contributed by atoms with Gasteiger partial charge in [0.25, 0.3) is 0 Å². The van der Waals surface area contributed by atoms with Crippen LogP contribution in [0.5, 0.6) is 0 Å². The van der Waals surface area contributed by atoms with Gasteiger partial charge in [0.2, 0.25) is 0 Å². The second-order valence-corrected chi connectivity index (χ2v) is 5.69. The molecule has 0 saturated carbocycles. The number of halogens is 1. The monoisotopic (exact) mass is 330 g/mol. The van der Waals surface area contributed by atoms with Crippen molar-refractivity contribution in [3.63, 3.8) is 0 Å². The number of hydrogen-bond donors (Lipinski definition) is 0. The number of benzene rings is 1. The Hall–Kier alpha value is -3.34. The molecule has 0 atom stereocenters. The fraction of sp³-hybridized carbons (Fsp3) is 0.0500. The van der Waals surface area contributed by atoms with Crippen molar-refractivity contribution in [3.8, 4) is 22.4 Å². The van der Waals surface area contributed by atoms with Gasteiger partial charge < -0.3 is 0 Å². The van der Waals surface area contributed by atoms with E-state index in [2.05, 4.69) is 9.97 Å². The second kappa shape index (κ2) is 6.65. The molecule has 0 spiro atoms. The summed E-state index contributed by atoms with van der Waals surface area (Å²) in [6, 6.07) is 14.2. The summed E-state index contributed by atoms with van der Waals surface area (Å²) in [6.07, 6.45) is 9.05. The summed E-state index contributed by atoms with van der Waals surface area (Å²) in [5, 5.41) is 4.74. The average molecular weight is 330 g/mol. The Bertz CT molecular complexity index is 964. The lowest BCUT2D eigenvalue weighted by Crippen LogP contribution is -2.00. The maximum Gasteiger partial charge on any atom is 0.123 e. The van der Waals surface area contributed by atoms with Crippen LogP contribution in [0.25, 0.3) is 22.4 Å². The van der Waals surface area contributed by atoms with Crippen molar-refractivity contribution >= 4 is 0 Å². The fourth-order valence-corrected chi connectivity index (χ4v) is 2.74. The van der Waals surface area contributed by atoms with Crippen LogP contribution < -0.4 is 0 Å². The molecule has 4 aromatic rings. The zero-order valence-corrected chi connectivity index (χ0v) is 13.4. The smallest absolute Gasteiger partial charge is 0.123 e. The first-order valence-electron chi connectivity index (χ1n) is 7.92. The minimum atomic E-state index is -0.259. The minimum Gasteiger partial charge on any atom is -0.267 e. The molecule has 4 rings (SSSR count). The van der Waals surface area contributed by atoms with Gasteiger partial charge in [0.15, 0.2) is 0 Å². The van der Waals surface area contributed by atoms with Crippen molar-refractivity contribution in [1.82, 2.24) is 19.7 Å². The van der Waals surface area contributed by atoms with Crippen LogP contribution in [0.2, 0.25) is 0 Å². The van der Waals surface area contributed by atoms with Gasteiger partial charge in [-0.25, -0.2) is 4.39 Å². The Kier molecular flexibility index (Phi) is 4.04. The lowest BCUT2D eigenvalue weighted by molar-refractivity contribution is 0.628. The molecule has 3 heterocycles. The molecular formula is C20H15FN4. The molecule has 0 amide bonds. The normalized spacial score (nSPS) is 10.8. The van der Waals surface area contributed by atoms with E-state index in [-0.39, 0.29) is 5.82 Å². The lowest BCUT2D eigenvalue weighted by atomic mass is 10.0. The minimum absolute atomic E-state index is 0.259. The molecule has 0 aliphatic rings. The van der Waals surface area contributed by atoms with Gasteiger partial charge in [-0.2, -0.15) is 5.10 Å². The first-order chi connectivity index (χ1) is 12.3. The molecule has 0 N–H and O–H groups in total. The second-order valence-electron chi connectivity index (χ2n) is 5.69. The van der Waals surface area contributed by atoms with Crippen molar-refractivity contribution in [3.05, 3.63) is 90.9 Å². The van der Waals surface area contributed by atoms with Crippen LogP contribution in [0, 0.1) is 5.82 Å². The molecule has 0 bridgehead atoms. The summed E-state index contributed by atoms with van der Waals surface area (Å²) in [4.78, 5) is 8.12. The topological polar surface area (TPSA) is 43.6 Å². The van der Waals surface area contributed by atoms with Gasteiger partial charge in [-0.05, 0) is 59.7 Å². The van der Waals surface area contributed by atoms with Gasteiger partial charge >= 0.3 is 0 Å². The highest BCUT2D eigenvalue weighted by Crippen LogP contribution is 2.31. The Morgan fingerprint density at radius 3 is 2.08 bits per heavy atom. The van der Waals surface area contributed by atoms with Gasteiger partial charge in [-0.15, -0.1) is 0 Å². The molecule has 0 fully saturated rings. The highest BCUT2D eigenvalue weighted by molar-refractivity contribution is 5.80. The van der Waals surface area contributed by atoms with E-state index in [1.807, 2.05) is 35.1 Å². The molecule has 122 valence electrons. The van der Waals surface area contributed by atoms with E-state index in [1.165, 1.54) is 12.1 Å². The Labute approximate surface area is 144 Å². The van der Waals surface area contributed by atoms with Crippen molar-refractivity contribution < 1.29 is 4.39 Å². The molecule has 25 heavy (non-hydrogen) atoms.